The first-order valence-corrected chi connectivity index (χ1v) is 15.4. The second-order valence-corrected chi connectivity index (χ2v) is 12.1. The number of aliphatic hydroxyl groups excluding tert-OH is 2. The van der Waals surface area contributed by atoms with Crippen molar-refractivity contribution < 1.29 is 15.3 Å². The fourth-order valence-corrected chi connectivity index (χ4v) is 7.19. The van der Waals surface area contributed by atoms with Crippen molar-refractivity contribution in [2.75, 3.05) is 13.2 Å². The Labute approximate surface area is 251 Å². The van der Waals surface area contributed by atoms with Gasteiger partial charge in [0.15, 0.2) is 0 Å². The van der Waals surface area contributed by atoms with Crippen LogP contribution in [0.2, 0.25) is 0 Å². The summed E-state index contributed by atoms with van der Waals surface area (Å²) in [6.07, 6.45) is 4.52. The summed E-state index contributed by atoms with van der Waals surface area (Å²) in [5, 5.41) is 36.6. The summed E-state index contributed by atoms with van der Waals surface area (Å²) in [7, 11) is 0. The third kappa shape index (κ3) is 7.76. The van der Waals surface area contributed by atoms with Crippen molar-refractivity contribution in [2.24, 2.45) is 17.8 Å². The van der Waals surface area contributed by atoms with E-state index in [9.17, 15) is 15.3 Å². The molecule has 0 radical (unpaired) electrons. The molecule has 0 bridgehead atoms. The Morgan fingerprint density at radius 3 is 1.50 bits per heavy atom. The van der Waals surface area contributed by atoms with E-state index in [2.05, 4.69) is 121 Å². The number of hydrogen-bond acceptors (Lipinski definition) is 4. The highest BCUT2D eigenvalue weighted by Gasteiger charge is 2.51. The van der Waals surface area contributed by atoms with Crippen LogP contribution in [0.3, 0.4) is 0 Å². The normalized spacial score (nSPS) is 24.1. The van der Waals surface area contributed by atoms with E-state index in [1.54, 1.807) is 0 Å². The van der Waals surface area contributed by atoms with Gasteiger partial charge in [-0.15, -0.1) is 0 Å². The van der Waals surface area contributed by atoms with Crippen molar-refractivity contribution in [1.82, 2.24) is 5.32 Å². The predicted octanol–water partition coefficient (Wildman–Crippen LogP) is 5.64. The van der Waals surface area contributed by atoms with Gasteiger partial charge in [0.2, 0.25) is 0 Å². The first-order valence-electron chi connectivity index (χ1n) is 15.4. The third-order valence-electron chi connectivity index (χ3n) is 9.35. The summed E-state index contributed by atoms with van der Waals surface area (Å²) < 4.78 is 0. The molecule has 1 fully saturated rings. The van der Waals surface area contributed by atoms with E-state index in [1.165, 1.54) is 22.3 Å². The zero-order valence-electron chi connectivity index (χ0n) is 24.4. The maximum atomic E-state index is 12.8. The third-order valence-corrected chi connectivity index (χ3v) is 9.35. The molecule has 4 aromatic carbocycles. The van der Waals surface area contributed by atoms with Crippen LogP contribution >= 0.6 is 0 Å². The van der Waals surface area contributed by atoms with E-state index in [4.69, 9.17) is 0 Å². The van der Waals surface area contributed by atoms with Crippen LogP contribution in [-0.2, 0) is 25.7 Å². The zero-order valence-corrected chi connectivity index (χ0v) is 24.4. The lowest BCUT2D eigenvalue weighted by molar-refractivity contribution is -0.113. The van der Waals surface area contributed by atoms with E-state index in [0.29, 0.717) is 12.8 Å². The molecule has 42 heavy (non-hydrogen) atoms. The van der Waals surface area contributed by atoms with Gasteiger partial charge in [-0.25, -0.2) is 0 Å². The molecule has 4 heteroatoms. The minimum atomic E-state index is -0.939. The average Bonchev–Trinajstić information content (AvgIpc) is 3.04. The fraction of sp³-hybridized carbons (Fsp3) is 0.368. The smallest absolute Gasteiger partial charge is 0.0700 e. The summed E-state index contributed by atoms with van der Waals surface area (Å²) >= 11 is 0. The summed E-state index contributed by atoms with van der Waals surface area (Å²) in [6.45, 7) is -0.297. The number of aryl methyl sites for hydroxylation is 1. The number of aliphatic hydroxyl groups is 3. The van der Waals surface area contributed by atoms with E-state index in [-0.39, 0.29) is 37.0 Å². The predicted molar refractivity (Wildman–Crippen MR) is 170 cm³/mol. The Morgan fingerprint density at radius 1 is 0.595 bits per heavy atom. The molecular weight excluding hydrogens is 518 g/mol. The zero-order chi connectivity index (χ0) is 29.2. The second kappa shape index (κ2) is 14.8. The molecular formula is C38H45NO3. The molecule has 0 heterocycles. The summed E-state index contributed by atoms with van der Waals surface area (Å²) in [4.78, 5) is 0. The number of rotatable bonds is 13. The monoisotopic (exact) mass is 563 g/mol. The molecule has 1 aliphatic rings. The minimum absolute atomic E-state index is 0.0253. The largest absolute Gasteiger partial charge is 0.395 e. The van der Waals surface area contributed by atoms with E-state index < -0.39 is 11.6 Å². The van der Waals surface area contributed by atoms with Crippen molar-refractivity contribution in [3.63, 3.8) is 0 Å². The SMILES string of the molecule is OCC(CO)N[C@H]1C[C@](O)(CCc2ccccc2)[C@@H](Cc2ccccc2)[C@@H](Cc2ccccc2)[C@@H]1Cc1ccccc1. The maximum Gasteiger partial charge on any atom is 0.0700 e. The maximum absolute atomic E-state index is 12.8. The Kier molecular flexibility index (Phi) is 10.6. The van der Waals surface area contributed by atoms with E-state index in [0.717, 1.165) is 25.7 Å². The Hall–Kier alpha value is -3.28. The topological polar surface area (TPSA) is 72.7 Å². The summed E-state index contributed by atoms with van der Waals surface area (Å²) in [6, 6.07) is 41.8. The molecule has 5 rings (SSSR count). The molecule has 0 aliphatic heterocycles. The molecule has 4 aromatic rings. The van der Waals surface area contributed by atoms with Crippen LogP contribution in [0.4, 0.5) is 0 Å². The van der Waals surface area contributed by atoms with Crippen LogP contribution in [0, 0.1) is 17.8 Å². The van der Waals surface area contributed by atoms with Gasteiger partial charge >= 0.3 is 0 Å². The molecule has 1 saturated carbocycles. The van der Waals surface area contributed by atoms with Crippen LogP contribution in [0.15, 0.2) is 121 Å². The summed E-state index contributed by atoms with van der Waals surface area (Å²) in [5.74, 6) is 0.383. The van der Waals surface area contributed by atoms with Gasteiger partial charge in [0.25, 0.3) is 0 Å². The van der Waals surface area contributed by atoms with Crippen LogP contribution < -0.4 is 5.32 Å². The van der Waals surface area contributed by atoms with Gasteiger partial charge in [-0.2, -0.15) is 0 Å². The van der Waals surface area contributed by atoms with Crippen molar-refractivity contribution >= 4 is 0 Å². The van der Waals surface area contributed by atoms with Gasteiger partial charge < -0.3 is 20.6 Å². The van der Waals surface area contributed by atoms with Crippen molar-refractivity contribution in [3.8, 4) is 0 Å². The second-order valence-electron chi connectivity index (χ2n) is 12.1. The van der Waals surface area contributed by atoms with Gasteiger partial charge in [0, 0.05) is 6.04 Å². The molecule has 0 saturated heterocycles. The van der Waals surface area contributed by atoms with Crippen LogP contribution in [0.1, 0.15) is 35.1 Å². The molecule has 4 nitrogen and oxygen atoms in total. The average molecular weight is 564 g/mol. The summed E-state index contributed by atoms with van der Waals surface area (Å²) in [5.41, 5.74) is 4.07. The van der Waals surface area contributed by atoms with Crippen LogP contribution in [-0.4, -0.2) is 46.2 Å². The molecule has 0 amide bonds. The first-order chi connectivity index (χ1) is 20.6. The molecule has 0 unspecified atom stereocenters. The number of nitrogens with one attached hydrogen (secondary N) is 1. The minimum Gasteiger partial charge on any atom is -0.395 e. The molecule has 4 N–H and O–H groups in total. The molecule has 0 spiro atoms. The van der Waals surface area contributed by atoms with Gasteiger partial charge in [-0.05, 0) is 78.5 Å². The Bertz CT molecular complexity index is 1310. The van der Waals surface area contributed by atoms with Gasteiger partial charge in [0.05, 0.1) is 24.9 Å². The van der Waals surface area contributed by atoms with Gasteiger partial charge in [-0.3, -0.25) is 0 Å². The highest BCUT2D eigenvalue weighted by Crippen LogP contribution is 2.48. The van der Waals surface area contributed by atoms with Crippen molar-refractivity contribution in [1.29, 1.82) is 0 Å². The van der Waals surface area contributed by atoms with Gasteiger partial charge in [-0.1, -0.05) is 121 Å². The highest BCUT2D eigenvalue weighted by molar-refractivity contribution is 5.24. The Balaban J connectivity index is 1.58. The van der Waals surface area contributed by atoms with Crippen LogP contribution in [0.5, 0.6) is 0 Å². The molecule has 1 aliphatic carbocycles. The van der Waals surface area contributed by atoms with Crippen molar-refractivity contribution in [3.05, 3.63) is 144 Å². The number of hydrogen-bond donors (Lipinski definition) is 4. The lowest BCUT2D eigenvalue weighted by Gasteiger charge is -2.53. The lowest BCUT2D eigenvalue weighted by atomic mass is 9.56. The molecule has 0 aromatic heterocycles. The fourth-order valence-electron chi connectivity index (χ4n) is 7.19. The van der Waals surface area contributed by atoms with Crippen molar-refractivity contribution in [2.45, 2.75) is 56.2 Å². The number of benzene rings is 4. The quantitative estimate of drug-likeness (QED) is 0.170. The van der Waals surface area contributed by atoms with E-state index in [1.807, 2.05) is 6.07 Å². The first kappa shape index (κ1) is 30.2. The highest BCUT2D eigenvalue weighted by atomic mass is 16.3. The van der Waals surface area contributed by atoms with E-state index >= 15 is 0 Å². The van der Waals surface area contributed by atoms with Gasteiger partial charge in [0.1, 0.15) is 0 Å². The van der Waals surface area contributed by atoms with Crippen LogP contribution in [0.25, 0.3) is 0 Å². The molecule has 5 atom stereocenters. The molecule has 220 valence electrons. The standard InChI is InChI=1S/C38H45NO3/c40-27-33(28-41)39-37-26-38(42,22-21-29-13-5-1-6-14-29)36(25-32-19-11-4-12-20-32)34(23-30-15-7-2-8-16-30)35(37)24-31-17-9-3-10-18-31/h1-20,33-37,39-42H,21-28H2/t34-,35-,36-,37-,38+/m0/s1. The Morgan fingerprint density at radius 2 is 1.02 bits per heavy atom. The lowest BCUT2D eigenvalue weighted by Crippen LogP contribution is -2.61.